The second-order valence-corrected chi connectivity index (χ2v) is 5.51. The van der Waals surface area contributed by atoms with Gasteiger partial charge in [0.1, 0.15) is 11.5 Å². The number of rotatable bonds is 3. The minimum absolute atomic E-state index is 0.216. The number of hydrogen-bond acceptors (Lipinski definition) is 2. The second-order valence-electron chi connectivity index (χ2n) is 5.51. The highest BCUT2D eigenvalue weighted by molar-refractivity contribution is 6.05. The summed E-state index contributed by atoms with van der Waals surface area (Å²) in [4.78, 5) is 13.9. The van der Waals surface area contributed by atoms with Gasteiger partial charge in [0.05, 0.1) is 5.69 Å². The highest BCUT2D eigenvalue weighted by Gasteiger charge is 2.20. The lowest BCUT2D eigenvalue weighted by atomic mass is 10.1. The third-order valence-electron chi connectivity index (χ3n) is 3.83. The summed E-state index contributed by atoms with van der Waals surface area (Å²) in [5.41, 5.74) is 1.64. The van der Waals surface area contributed by atoms with Crippen molar-refractivity contribution < 1.29 is 18.0 Å². The molecule has 3 rings (SSSR count). The summed E-state index contributed by atoms with van der Waals surface area (Å²) in [7, 11) is 3.05. The van der Waals surface area contributed by atoms with E-state index in [4.69, 9.17) is 0 Å². The molecular formula is C18H14F3N3O. The quantitative estimate of drug-likeness (QED) is 0.725. The van der Waals surface area contributed by atoms with Gasteiger partial charge in [-0.05, 0) is 42.5 Å². The summed E-state index contributed by atoms with van der Waals surface area (Å²) in [5, 5.41) is 4.25. The Morgan fingerprint density at radius 2 is 1.68 bits per heavy atom. The van der Waals surface area contributed by atoms with E-state index in [-0.39, 0.29) is 17.2 Å². The van der Waals surface area contributed by atoms with Crippen LogP contribution in [0.1, 0.15) is 10.5 Å². The zero-order valence-electron chi connectivity index (χ0n) is 13.5. The van der Waals surface area contributed by atoms with Crippen molar-refractivity contribution in [3.8, 4) is 11.3 Å². The Hall–Kier alpha value is -3.09. The molecule has 0 fully saturated rings. The number of anilines is 1. The van der Waals surface area contributed by atoms with Crippen molar-refractivity contribution >= 4 is 11.6 Å². The monoisotopic (exact) mass is 345 g/mol. The van der Waals surface area contributed by atoms with Crippen LogP contribution in [-0.4, -0.2) is 22.7 Å². The molecule has 4 nitrogen and oxygen atoms in total. The van der Waals surface area contributed by atoms with Gasteiger partial charge in [-0.3, -0.25) is 9.48 Å². The number of amides is 1. The number of aryl methyl sites for hydroxylation is 1. The van der Waals surface area contributed by atoms with E-state index in [1.807, 2.05) is 0 Å². The van der Waals surface area contributed by atoms with Crippen molar-refractivity contribution in [2.45, 2.75) is 0 Å². The molecule has 1 heterocycles. The highest BCUT2D eigenvalue weighted by Crippen LogP contribution is 2.22. The predicted molar refractivity (Wildman–Crippen MR) is 87.7 cm³/mol. The molecule has 0 aliphatic rings. The number of aromatic nitrogens is 2. The van der Waals surface area contributed by atoms with Crippen molar-refractivity contribution in [2.75, 3.05) is 11.9 Å². The van der Waals surface area contributed by atoms with E-state index >= 15 is 0 Å². The van der Waals surface area contributed by atoms with E-state index in [0.29, 0.717) is 11.3 Å². The maximum Gasteiger partial charge on any atom is 0.276 e. The van der Waals surface area contributed by atoms with Gasteiger partial charge in [-0.1, -0.05) is 0 Å². The SMILES string of the molecule is CN(C(=O)c1cc(-c2ccc(F)cc2)nn1C)c1ccc(F)c(F)c1. The maximum atomic E-state index is 13.4. The van der Waals surface area contributed by atoms with Gasteiger partial charge >= 0.3 is 0 Å². The van der Waals surface area contributed by atoms with Gasteiger partial charge in [0, 0.05) is 31.4 Å². The van der Waals surface area contributed by atoms with Gasteiger partial charge in [0.15, 0.2) is 11.6 Å². The van der Waals surface area contributed by atoms with E-state index in [0.717, 1.165) is 12.1 Å². The molecule has 0 aliphatic carbocycles. The number of benzene rings is 2. The van der Waals surface area contributed by atoms with Crippen LogP contribution in [0.2, 0.25) is 0 Å². The van der Waals surface area contributed by atoms with E-state index < -0.39 is 17.5 Å². The van der Waals surface area contributed by atoms with Crippen LogP contribution in [0.5, 0.6) is 0 Å². The molecule has 2 aromatic carbocycles. The van der Waals surface area contributed by atoms with Gasteiger partial charge < -0.3 is 4.90 Å². The Labute approximate surface area is 142 Å². The molecule has 0 aliphatic heterocycles. The fraction of sp³-hybridized carbons (Fsp3) is 0.111. The van der Waals surface area contributed by atoms with Crippen LogP contribution in [0, 0.1) is 17.5 Å². The first-order valence-electron chi connectivity index (χ1n) is 7.40. The van der Waals surface area contributed by atoms with Crippen molar-refractivity contribution in [2.24, 2.45) is 7.05 Å². The van der Waals surface area contributed by atoms with Crippen LogP contribution in [-0.2, 0) is 7.05 Å². The molecule has 1 amide bonds. The largest absolute Gasteiger partial charge is 0.310 e. The van der Waals surface area contributed by atoms with Crippen LogP contribution < -0.4 is 4.90 Å². The lowest BCUT2D eigenvalue weighted by Gasteiger charge is -2.17. The second kappa shape index (κ2) is 6.43. The first-order valence-corrected chi connectivity index (χ1v) is 7.40. The molecule has 0 saturated heterocycles. The molecule has 0 N–H and O–H groups in total. The van der Waals surface area contributed by atoms with E-state index in [1.54, 1.807) is 25.2 Å². The summed E-state index contributed by atoms with van der Waals surface area (Å²) >= 11 is 0. The van der Waals surface area contributed by atoms with Crippen molar-refractivity contribution in [1.29, 1.82) is 0 Å². The third-order valence-corrected chi connectivity index (χ3v) is 3.83. The van der Waals surface area contributed by atoms with Crippen LogP contribution >= 0.6 is 0 Å². The average Bonchev–Trinajstić information content (AvgIpc) is 2.98. The van der Waals surface area contributed by atoms with Crippen LogP contribution in [0.15, 0.2) is 48.5 Å². The minimum Gasteiger partial charge on any atom is -0.310 e. The molecule has 1 aromatic heterocycles. The van der Waals surface area contributed by atoms with Gasteiger partial charge in [0.25, 0.3) is 5.91 Å². The van der Waals surface area contributed by atoms with Crippen molar-refractivity contribution in [1.82, 2.24) is 9.78 Å². The minimum atomic E-state index is -1.03. The third kappa shape index (κ3) is 3.26. The number of halogens is 3. The fourth-order valence-electron chi connectivity index (χ4n) is 2.41. The van der Waals surface area contributed by atoms with Crippen LogP contribution in [0.25, 0.3) is 11.3 Å². The summed E-state index contributed by atoms with van der Waals surface area (Å²) < 4.78 is 40.8. The maximum absolute atomic E-state index is 13.4. The molecule has 0 unspecified atom stereocenters. The Morgan fingerprint density at radius 3 is 2.32 bits per heavy atom. The van der Waals surface area contributed by atoms with Gasteiger partial charge in [-0.25, -0.2) is 13.2 Å². The van der Waals surface area contributed by atoms with Gasteiger partial charge in [-0.15, -0.1) is 0 Å². The first-order chi connectivity index (χ1) is 11.9. The highest BCUT2D eigenvalue weighted by atomic mass is 19.2. The van der Waals surface area contributed by atoms with Crippen LogP contribution in [0.4, 0.5) is 18.9 Å². The Morgan fingerprint density at radius 1 is 1.00 bits per heavy atom. The number of nitrogens with zero attached hydrogens (tertiary/aromatic N) is 3. The predicted octanol–water partition coefficient (Wildman–Crippen LogP) is 3.78. The molecule has 3 aromatic rings. The Bertz CT molecular complexity index is 935. The van der Waals surface area contributed by atoms with Gasteiger partial charge in [-0.2, -0.15) is 5.10 Å². The first kappa shape index (κ1) is 16.8. The van der Waals surface area contributed by atoms with Crippen molar-refractivity contribution in [3.05, 3.63) is 71.7 Å². The molecule has 0 atom stereocenters. The Balaban J connectivity index is 1.91. The lowest BCUT2D eigenvalue weighted by molar-refractivity contribution is 0.0984. The average molecular weight is 345 g/mol. The topological polar surface area (TPSA) is 38.1 Å². The molecule has 0 radical (unpaired) electrons. The van der Waals surface area contributed by atoms with E-state index in [1.165, 1.54) is 34.8 Å². The summed E-state index contributed by atoms with van der Waals surface area (Å²) in [6.07, 6.45) is 0. The normalized spacial score (nSPS) is 10.8. The Kier molecular flexibility index (Phi) is 4.31. The van der Waals surface area contributed by atoms with Crippen LogP contribution in [0.3, 0.4) is 0 Å². The molecule has 25 heavy (non-hydrogen) atoms. The molecule has 0 spiro atoms. The summed E-state index contributed by atoms with van der Waals surface area (Å²) in [6.45, 7) is 0. The number of hydrogen-bond donors (Lipinski definition) is 0. The van der Waals surface area contributed by atoms with E-state index in [9.17, 15) is 18.0 Å². The molecule has 7 heteroatoms. The molecule has 0 saturated carbocycles. The zero-order chi connectivity index (χ0) is 18.1. The molecule has 0 bridgehead atoms. The number of carbonyl (C=O) groups excluding carboxylic acids is 1. The van der Waals surface area contributed by atoms with Crippen molar-refractivity contribution in [3.63, 3.8) is 0 Å². The fourth-order valence-corrected chi connectivity index (χ4v) is 2.41. The molecule has 128 valence electrons. The summed E-state index contributed by atoms with van der Waals surface area (Å²) in [6, 6.07) is 10.5. The zero-order valence-corrected chi connectivity index (χ0v) is 13.5. The standard InChI is InChI=1S/C18H14F3N3O/c1-23(13-7-8-14(20)15(21)9-13)18(25)17-10-16(22-24(17)2)11-3-5-12(19)6-4-11/h3-10H,1-2H3. The lowest BCUT2D eigenvalue weighted by Crippen LogP contribution is -2.28. The smallest absolute Gasteiger partial charge is 0.276 e. The number of carbonyl (C=O) groups is 1. The van der Waals surface area contributed by atoms with E-state index in [2.05, 4.69) is 5.10 Å². The summed E-state index contributed by atoms with van der Waals surface area (Å²) in [5.74, 6) is -2.82. The van der Waals surface area contributed by atoms with Gasteiger partial charge in [0.2, 0.25) is 0 Å². The molecular weight excluding hydrogens is 331 g/mol.